The van der Waals surface area contributed by atoms with Crippen molar-refractivity contribution in [2.75, 3.05) is 0 Å². The van der Waals surface area contributed by atoms with E-state index in [-0.39, 0.29) is 17.6 Å². The number of hydrogen-bond donors (Lipinski definition) is 0. The summed E-state index contributed by atoms with van der Waals surface area (Å²) in [6, 6.07) is 0. The van der Waals surface area contributed by atoms with Gasteiger partial charge < -0.3 is 9.47 Å². The van der Waals surface area contributed by atoms with Crippen LogP contribution in [0.25, 0.3) is 0 Å². The monoisotopic (exact) mass is 316 g/mol. The van der Waals surface area contributed by atoms with Gasteiger partial charge in [0.05, 0.1) is 0 Å². The van der Waals surface area contributed by atoms with Crippen molar-refractivity contribution < 1.29 is 28.0 Å². The molecule has 4 aliphatic heterocycles. The van der Waals surface area contributed by atoms with E-state index in [9.17, 15) is 8.78 Å². The normalized spacial score (nSPS) is 53.5. The fraction of sp³-hybridized carbons (Fsp3) is 0.875. The largest absolute Gasteiger partial charge is 0.460 e. The Kier molecular flexibility index (Phi) is 3.14. The summed E-state index contributed by atoms with van der Waals surface area (Å²) in [5, 5.41) is 0. The highest BCUT2D eigenvalue weighted by atomic mass is 19.3. The van der Waals surface area contributed by atoms with E-state index in [0.29, 0.717) is 12.3 Å². The molecule has 0 amide bonds. The highest BCUT2D eigenvalue weighted by Crippen LogP contribution is 2.61. The van der Waals surface area contributed by atoms with Crippen molar-refractivity contribution in [3.8, 4) is 0 Å². The molecule has 6 heteroatoms. The van der Waals surface area contributed by atoms with Crippen LogP contribution in [0.15, 0.2) is 11.8 Å². The lowest BCUT2D eigenvalue weighted by Gasteiger charge is -2.58. The van der Waals surface area contributed by atoms with Gasteiger partial charge in [-0.05, 0) is 32.1 Å². The van der Waals surface area contributed by atoms with Gasteiger partial charge in [0.2, 0.25) is 12.1 Å². The summed E-state index contributed by atoms with van der Waals surface area (Å²) in [4.78, 5) is 11.5. The zero-order valence-electron chi connectivity index (χ0n) is 13.1. The molecule has 2 bridgehead atoms. The summed E-state index contributed by atoms with van der Waals surface area (Å²) in [6.07, 6.45) is 0.833. The lowest BCUT2D eigenvalue weighted by atomic mass is 9.58. The predicted molar refractivity (Wildman–Crippen MR) is 72.3 cm³/mol. The molecule has 4 nitrogen and oxygen atoms in total. The van der Waals surface area contributed by atoms with Crippen LogP contribution in [0, 0.1) is 23.7 Å². The topological polar surface area (TPSA) is 36.9 Å². The number of hydrogen-bond acceptors (Lipinski definition) is 4. The third kappa shape index (κ3) is 1.77. The molecule has 5 fully saturated rings. The number of rotatable bonds is 0. The van der Waals surface area contributed by atoms with Crippen molar-refractivity contribution in [3.05, 3.63) is 11.8 Å². The average molecular weight is 316 g/mol. The molecule has 0 aromatic rings. The van der Waals surface area contributed by atoms with E-state index in [2.05, 4.69) is 6.92 Å². The Hall–Kier alpha value is -0.720. The first-order valence-corrected chi connectivity index (χ1v) is 8.14. The van der Waals surface area contributed by atoms with Gasteiger partial charge in [-0.25, -0.2) is 9.78 Å². The van der Waals surface area contributed by atoms with E-state index in [1.807, 2.05) is 0 Å². The molecule has 0 aromatic carbocycles. The molecule has 7 atom stereocenters. The minimum Gasteiger partial charge on any atom is -0.460 e. The molecule has 4 heterocycles. The first-order chi connectivity index (χ1) is 10.4. The van der Waals surface area contributed by atoms with E-state index < -0.39 is 29.7 Å². The van der Waals surface area contributed by atoms with E-state index in [4.69, 9.17) is 19.2 Å². The van der Waals surface area contributed by atoms with Crippen molar-refractivity contribution in [3.63, 3.8) is 0 Å². The highest BCUT2D eigenvalue weighted by molar-refractivity contribution is 5.16. The molecule has 1 spiro atoms. The Morgan fingerprint density at radius 3 is 2.59 bits per heavy atom. The van der Waals surface area contributed by atoms with Crippen LogP contribution in [-0.2, 0) is 19.2 Å². The van der Waals surface area contributed by atoms with Crippen molar-refractivity contribution in [2.45, 2.75) is 64.1 Å². The Morgan fingerprint density at radius 1 is 1.09 bits per heavy atom. The summed E-state index contributed by atoms with van der Waals surface area (Å²) in [7, 11) is 0. The number of allylic oxidation sites excluding steroid dienone is 1. The maximum atomic E-state index is 13.3. The SMILES string of the molecule is C[C@@H]1CC[C@H]2[C@@H](C)C(=C(F)F)O[C@@H]3OC4(C)CC[C@@H]1[C@]32OO4. The van der Waals surface area contributed by atoms with Crippen LogP contribution in [0.1, 0.15) is 46.5 Å². The van der Waals surface area contributed by atoms with Crippen molar-refractivity contribution in [1.29, 1.82) is 0 Å². The Morgan fingerprint density at radius 2 is 1.86 bits per heavy atom. The molecular weight excluding hydrogens is 294 g/mol. The minimum atomic E-state index is -1.76. The lowest BCUT2D eigenvalue weighted by Crippen LogP contribution is -2.68. The first kappa shape index (κ1) is 14.8. The van der Waals surface area contributed by atoms with Gasteiger partial charge in [-0.2, -0.15) is 8.78 Å². The summed E-state index contributed by atoms with van der Waals surface area (Å²) in [5.41, 5.74) is -0.772. The molecule has 22 heavy (non-hydrogen) atoms. The van der Waals surface area contributed by atoms with Crippen LogP contribution in [0.5, 0.6) is 0 Å². The highest BCUT2D eigenvalue weighted by Gasteiger charge is 2.69. The molecule has 0 N–H and O–H groups in total. The molecular formula is C16H22F2O4. The molecule has 1 aliphatic carbocycles. The van der Waals surface area contributed by atoms with Crippen LogP contribution < -0.4 is 0 Å². The Bertz CT molecular complexity index is 520. The zero-order chi connectivity index (χ0) is 15.7. The number of halogens is 2. The second kappa shape index (κ2) is 4.65. The Labute approximate surface area is 128 Å². The van der Waals surface area contributed by atoms with Crippen molar-refractivity contribution >= 4 is 0 Å². The Balaban J connectivity index is 1.84. The standard InChI is InChI=1S/C16H22F2O4/c1-8-4-5-11-9(2)12(13(17)18)19-14-16(11)10(8)6-7-15(3,20-14)21-22-16/h8-11,14H,4-7H2,1-3H3/t8-,9-,10+,11+,14-,15?,16-/m1/s1. The molecule has 5 rings (SSSR count). The van der Waals surface area contributed by atoms with Crippen LogP contribution in [0.2, 0.25) is 0 Å². The van der Waals surface area contributed by atoms with Crippen LogP contribution >= 0.6 is 0 Å². The minimum absolute atomic E-state index is 0.0772. The van der Waals surface area contributed by atoms with Gasteiger partial charge in [-0.3, -0.25) is 0 Å². The smallest absolute Gasteiger partial charge is 0.308 e. The molecule has 4 saturated heterocycles. The molecule has 0 aromatic heterocycles. The van der Waals surface area contributed by atoms with E-state index in [1.165, 1.54) is 0 Å². The van der Waals surface area contributed by atoms with Gasteiger partial charge in [-0.15, -0.1) is 0 Å². The van der Waals surface area contributed by atoms with E-state index in [0.717, 1.165) is 19.3 Å². The van der Waals surface area contributed by atoms with Crippen LogP contribution in [-0.4, -0.2) is 17.7 Å². The maximum Gasteiger partial charge on any atom is 0.308 e. The van der Waals surface area contributed by atoms with Crippen LogP contribution in [0.3, 0.4) is 0 Å². The number of fused-ring (bicyclic) bond motifs is 2. The summed E-state index contributed by atoms with van der Waals surface area (Å²) in [5.74, 6) is -1.00. The predicted octanol–water partition coefficient (Wildman–Crippen LogP) is 3.98. The number of ether oxygens (including phenoxy) is 2. The maximum absolute atomic E-state index is 13.3. The molecule has 5 aliphatic rings. The quantitative estimate of drug-likeness (QED) is 0.634. The van der Waals surface area contributed by atoms with Crippen molar-refractivity contribution in [2.24, 2.45) is 23.7 Å². The van der Waals surface area contributed by atoms with E-state index >= 15 is 0 Å². The third-order valence-corrected chi connectivity index (χ3v) is 6.21. The molecule has 1 saturated carbocycles. The summed E-state index contributed by atoms with van der Waals surface area (Å²) < 4.78 is 38.2. The van der Waals surface area contributed by atoms with E-state index in [1.54, 1.807) is 13.8 Å². The van der Waals surface area contributed by atoms with Gasteiger partial charge in [-0.1, -0.05) is 13.8 Å². The van der Waals surface area contributed by atoms with Crippen LogP contribution in [0.4, 0.5) is 8.78 Å². The molecule has 0 radical (unpaired) electrons. The summed E-state index contributed by atoms with van der Waals surface area (Å²) in [6.45, 7) is 5.77. The molecule has 124 valence electrons. The fourth-order valence-corrected chi connectivity index (χ4v) is 5.01. The average Bonchev–Trinajstić information content (AvgIpc) is 2.69. The van der Waals surface area contributed by atoms with Gasteiger partial charge in [0.15, 0.2) is 11.4 Å². The lowest BCUT2D eigenvalue weighted by molar-refractivity contribution is -0.562. The van der Waals surface area contributed by atoms with Gasteiger partial charge in [0.25, 0.3) is 0 Å². The van der Waals surface area contributed by atoms with Gasteiger partial charge >= 0.3 is 6.08 Å². The third-order valence-electron chi connectivity index (χ3n) is 6.21. The zero-order valence-corrected chi connectivity index (χ0v) is 13.1. The summed E-state index contributed by atoms with van der Waals surface area (Å²) >= 11 is 0. The van der Waals surface area contributed by atoms with Gasteiger partial charge in [0.1, 0.15) is 0 Å². The van der Waals surface area contributed by atoms with Crippen molar-refractivity contribution in [1.82, 2.24) is 0 Å². The second-order valence-corrected chi connectivity index (χ2v) is 7.44. The second-order valence-electron chi connectivity index (χ2n) is 7.44. The van der Waals surface area contributed by atoms with Gasteiger partial charge in [0, 0.05) is 24.2 Å². The molecule has 1 unspecified atom stereocenters. The fourth-order valence-electron chi connectivity index (χ4n) is 5.01. The first-order valence-electron chi connectivity index (χ1n) is 8.14.